The maximum absolute atomic E-state index is 9.00. The van der Waals surface area contributed by atoms with Crippen LogP contribution in [0.1, 0.15) is 6.92 Å². The number of carboxylic acid groups (broad SMARTS) is 1. The molecule has 6 heavy (non-hydrogen) atoms. The van der Waals surface area contributed by atoms with Gasteiger partial charge in [-0.2, -0.15) is 0 Å². The van der Waals surface area contributed by atoms with E-state index in [1.165, 1.54) is 0 Å². The van der Waals surface area contributed by atoms with Gasteiger partial charge in [-0.1, -0.05) is 0 Å². The maximum Gasteiger partial charge on any atom is -0.0149 e. The Bertz CT molecular complexity index is 34.5. The Balaban J connectivity index is -0.0000000450. The molecule has 0 bridgehead atoms. The zero-order chi connectivity index (χ0) is 3.58. The first-order valence-corrected chi connectivity index (χ1v) is 0.928. The van der Waals surface area contributed by atoms with Crippen LogP contribution in [0.4, 0.5) is 0 Å². The number of hydrogen-bond acceptors (Lipinski definition) is 1. The molecule has 0 aliphatic carbocycles. The van der Waals surface area contributed by atoms with E-state index in [2.05, 4.69) is 0 Å². The Morgan fingerprint density at radius 2 is 1.67 bits per heavy atom. The molecule has 0 aromatic carbocycles. The topological polar surface area (TPSA) is 37.3 Å². The molecular weight excluding hydrogens is 124 g/mol. The fourth-order valence-corrected chi connectivity index (χ4v) is 0. The van der Waals surface area contributed by atoms with Gasteiger partial charge in [0.2, 0.25) is 0 Å². The molecule has 4 heteroatoms. The Morgan fingerprint density at radius 1 is 1.67 bits per heavy atom. The van der Waals surface area contributed by atoms with E-state index >= 15 is 0 Å². The van der Waals surface area contributed by atoms with Crippen molar-refractivity contribution in [2.75, 3.05) is 0 Å². The summed E-state index contributed by atoms with van der Waals surface area (Å²) in [5, 5.41) is 7.42. The SMILES string of the molecule is CC(=O)O.[CaH2].[SiH4]. The van der Waals surface area contributed by atoms with Crippen LogP contribution in [0.25, 0.3) is 0 Å². The summed E-state index contributed by atoms with van der Waals surface area (Å²) in [6, 6.07) is 0. The van der Waals surface area contributed by atoms with Crippen molar-refractivity contribution in [1.82, 2.24) is 0 Å². The van der Waals surface area contributed by atoms with Gasteiger partial charge in [-0.3, -0.25) is 4.79 Å². The first-order chi connectivity index (χ1) is 1.73. The van der Waals surface area contributed by atoms with Crippen molar-refractivity contribution in [1.29, 1.82) is 0 Å². The normalized spacial score (nSPS) is 4.17. The van der Waals surface area contributed by atoms with Crippen LogP contribution >= 0.6 is 0 Å². The Labute approximate surface area is 70.9 Å². The minimum atomic E-state index is -0.833. The van der Waals surface area contributed by atoms with Gasteiger partial charge in [-0.05, 0) is 11.0 Å². The predicted molar refractivity (Wildman–Crippen MR) is 33.2 cm³/mol. The quantitative estimate of drug-likeness (QED) is 0.379. The molecule has 0 heterocycles. The van der Waals surface area contributed by atoms with Gasteiger partial charge in [-0.25, -0.2) is 0 Å². The van der Waals surface area contributed by atoms with Gasteiger partial charge in [-0.15, -0.1) is 0 Å². The summed E-state index contributed by atoms with van der Waals surface area (Å²) < 4.78 is 0. The zero-order valence-electron chi connectivity index (χ0n) is 2.36. The second-order valence-electron chi connectivity index (χ2n) is 0.519. The molecule has 1 N–H and O–H groups in total. The maximum atomic E-state index is 9.00. The summed E-state index contributed by atoms with van der Waals surface area (Å²) in [5.41, 5.74) is 0. The van der Waals surface area contributed by atoms with Crippen molar-refractivity contribution in [2.45, 2.75) is 6.92 Å². The third-order valence-corrected chi connectivity index (χ3v) is 0. The van der Waals surface area contributed by atoms with E-state index in [-0.39, 0.29) is 48.7 Å². The van der Waals surface area contributed by atoms with Crippen LogP contribution in [0.3, 0.4) is 0 Å². The van der Waals surface area contributed by atoms with Crippen LogP contribution in [-0.4, -0.2) is 59.8 Å². The fraction of sp³-hybridized carbons (Fsp3) is 0.500. The number of carboxylic acids is 1. The second-order valence-corrected chi connectivity index (χ2v) is 0.519. The van der Waals surface area contributed by atoms with Gasteiger partial charge in [0.1, 0.15) is 0 Å². The van der Waals surface area contributed by atoms with Crippen LogP contribution in [-0.2, 0) is 4.79 Å². The van der Waals surface area contributed by atoms with Crippen LogP contribution in [0.2, 0.25) is 0 Å². The first kappa shape index (κ1) is 15.8. The molecule has 0 aliphatic rings. The van der Waals surface area contributed by atoms with E-state index in [0.717, 1.165) is 6.92 Å². The Morgan fingerprint density at radius 3 is 1.67 bits per heavy atom. The van der Waals surface area contributed by atoms with Crippen molar-refractivity contribution in [3.8, 4) is 0 Å². The van der Waals surface area contributed by atoms with Crippen LogP contribution in [0.5, 0.6) is 0 Å². The molecule has 36 valence electrons. The predicted octanol–water partition coefficient (Wildman–Crippen LogP) is -2.28. The molecule has 0 atom stereocenters. The number of rotatable bonds is 0. The Kier molecular flexibility index (Phi) is 24.6. The van der Waals surface area contributed by atoms with E-state index < -0.39 is 5.97 Å². The monoisotopic (exact) mass is 134 g/mol. The van der Waals surface area contributed by atoms with Gasteiger partial charge in [0.15, 0.2) is 0 Å². The van der Waals surface area contributed by atoms with E-state index in [4.69, 9.17) is 9.90 Å². The molecule has 0 radical (unpaired) electrons. The van der Waals surface area contributed by atoms with E-state index in [9.17, 15) is 0 Å². The van der Waals surface area contributed by atoms with Crippen LogP contribution < -0.4 is 0 Å². The van der Waals surface area contributed by atoms with E-state index in [0.29, 0.717) is 0 Å². The summed E-state index contributed by atoms with van der Waals surface area (Å²) in [6.07, 6.45) is 0. The average molecular weight is 134 g/mol. The summed E-state index contributed by atoms with van der Waals surface area (Å²) in [4.78, 5) is 9.00. The molecule has 0 saturated heterocycles. The third kappa shape index (κ3) is 86.0. The fourth-order valence-electron chi connectivity index (χ4n) is 0. The van der Waals surface area contributed by atoms with Gasteiger partial charge in [0.05, 0.1) is 0 Å². The molecule has 2 nitrogen and oxygen atoms in total. The van der Waals surface area contributed by atoms with Crippen LogP contribution in [0.15, 0.2) is 0 Å². The summed E-state index contributed by atoms with van der Waals surface area (Å²) >= 11 is 0. The summed E-state index contributed by atoms with van der Waals surface area (Å²) in [5.74, 6) is -0.833. The number of carbonyl (C=O) groups is 1. The van der Waals surface area contributed by atoms with E-state index in [1.54, 1.807) is 0 Å². The van der Waals surface area contributed by atoms with Gasteiger partial charge >= 0.3 is 37.7 Å². The molecule has 0 aromatic rings. The molecule has 0 rings (SSSR count). The standard InChI is InChI=1S/C2H4O2.Ca.H4Si.2H/c1-2(3)4;;;;/h1H3,(H,3,4);;1H4;;. The number of hydrogen-bond donors (Lipinski definition) is 1. The first-order valence-electron chi connectivity index (χ1n) is 0.928. The smallest absolute Gasteiger partial charge is 0.0149 e. The van der Waals surface area contributed by atoms with Gasteiger partial charge in [0, 0.05) is 6.92 Å². The Hall–Kier alpha value is 0.947. The molecule has 0 spiro atoms. The number of aliphatic carboxylic acids is 1. The molecule has 0 saturated carbocycles. The van der Waals surface area contributed by atoms with Crippen molar-refractivity contribution in [2.24, 2.45) is 0 Å². The average Bonchev–Trinajstić information content (AvgIpc) is 0.811. The van der Waals surface area contributed by atoms with Crippen molar-refractivity contribution in [3.05, 3.63) is 0 Å². The molecule has 0 amide bonds. The van der Waals surface area contributed by atoms with Crippen molar-refractivity contribution < 1.29 is 9.90 Å². The molecule has 0 aromatic heterocycles. The minimum Gasteiger partial charge on any atom is -0.0149 e. The summed E-state index contributed by atoms with van der Waals surface area (Å²) in [6.45, 7) is 1.08. The molecule has 0 unspecified atom stereocenters. The molecule has 0 fully saturated rings. The van der Waals surface area contributed by atoms with Crippen molar-refractivity contribution >= 4 is 54.7 Å². The second kappa shape index (κ2) is 9.34. The largest absolute Gasteiger partial charge is 0.0149 e. The van der Waals surface area contributed by atoms with Gasteiger partial charge < -0.3 is 5.11 Å². The molecule has 0 aliphatic heterocycles. The third-order valence-electron chi connectivity index (χ3n) is 0. The minimum absolute atomic E-state index is 0. The zero-order valence-corrected chi connectivity index (χ0v) is 2.36. The van der Waals surface area contributed by atoms with Gasteiger partial charge in [0.25, 0.3) is 5.97 Å². The molecular formula is C2H10CaO2Si. The van der Waals surface area contributed by atoms with Crippen LogP contribution in [0, 0.1) is 0 Å². The summed E-state index contributed by atoms with van der Waals surface area (Å²) in [7, 11) is 0. The van der Waals surface area contributed by atoms with Crippen molar-refractivity contribution in [3.63, 3.8) is 0 Å². The van der Waals surface area contributed by atoms with E-state index in [1.807, 2.05) is 0 Å².